The van der Waals surface area contributed by atoms with Gasteiger partial charge in [0.15, 0.2) is 0 Å². The SMILES string of the molecule is [2H]c1nc(-c2[c-]c(-c3cccc4c3nc(-c3cc(C)cc(C)c3O)n4-c3ccc(CC(C)C)cc3-c3ccccc3)cc(C(C)(C)C)c2)c([2H])c(-c2c([2H])c([2H])c(C([2H])([2H])[2H])c([2H])c2[2H])c1[2H].[Pt]. The van der Waals surface area contributed by atoms with Gasteiger partial charge in [-0.2, -0.15) is 0 Å². The van der Waals surface area contributed by atoms with Crippen molar-refractivity contribution in [2.24, 2.45) is 5.92 Å². The standard InChI is InChI=1S/C53H50N3O.Pt/c1-33(2)25-37-19-22-48(45(28-37)39-13-10-9-11-14-39)56-49-16-12-15-44(50(49)55-52(56)46-27-35(4)26-36(5)51(46)57)41-29-42(31-43(30-41)53(6,7)8)47-32-40(23-24-54-47)38-20-17-34(3)18-21-38;/h9-24,26-28,30-33,57H,25H2,1-8H3;/q-1;/i3D3,17D,18D,20D,21D,23D,24D,32D;. The third-order valence-electron chi connectivity index (χ3n) is 10.1. The molecule has 0 aliphatic heterocycles. The first kappa shape index (κ1) is 29.6. The van der Waals surface area contributed by atoms with E-state index in [1.165, 1.54) is 5.56 Å². The monoisotopic (exact) mass is 949 g/mol. The van der Waals surface area contributed by atoms with Gasteiger partial charge in [-0.1, -0.05) is 136 Å². The number of para-hydroxylation sites is 1. The van der Waals surface area contributed by atoms with Crippen molar-refractivity contribution >= 4 is 11.0 Å². The summed E-state index contributed by atoms with van der Waals surface area (Å²) in [5.74, 6) is 1.05. The maximum atomic E-state index is 11.8. The Morgan fingerprint density at radius 1 is 0.776 bits per heavy atom. The number of benzene rings is 6. The molecule has 8 rings (SSSR count). The van der Waals surface area contributed by atoms with Crippen LogP contribution < -0.4 is 0 Å². The Balaban J connectivity index is 0.00000684. The zero-order valence-electron chi connectivity index (χ0n) is 43.5. The number of hydrogen-bond acceptors (Lipinski definition) is 3. The van der Waals surface area contributed by atoms with Gasteiger partial charge in [0.1, 0.15) is 11.6 Å². The molecule has 0 aliphatic rings. The van der Waals surface area contributed by atoms with Gasteiger partial charge in [0, 0.05) is 42.6 Å². The molecule has 0 saturated heterocycles. The molecule has 0 bridgehead atoms. The summed E-state index contributed by atoms with van der Waals surface area (Å²) in [5.41, 5.74) is 7.70. The number of phenols is 1. The minimum absolute atomic E-state index is 0. The van der Waals surface area contributed by atoms with Gasteiger partial charge in [0.05, 0.1) is 31.9 Å². The van der Waals surface area contributed by atoms with Crippen LogP contribution in [-0.2, 0) is 32.9 Å². The molecule has 2 heterocycles. The molecule has 0 amide bonds. The smallest absolute Gasteiger partial charge is 0.148 e. The van der Waals surface area contributed by atoms with Crippen LogP contribution in [0.5, 0.6) is 5.75 Å². The molecule has 0 atom stereocenters. The zero-order valence-corrected chi connectivity index (χ0v) is 35.8. The first-order valence-corrected chi connectivity index (χ1v) is 19.2. The van der Waals surface area contributed by atoms with Gasteiger partial charge in [-0.25, -0.2) is 4.98 Å². The summed E-state index contributed by atoms with van der Waals surface area (Å²) in [6.07, 6.45) is 0.299. The number of rotatable bonds is 8. The molecule has 0 fully saturated rings. The molecule has 6 aromatic carbocycles. The van der Waals surface area contributed by atoms with Crippen LogP contribution in [0.1, 0.15) is 76.1 Å². The Hall–Kier alpha value is -5.57. The van der Waals surface area contributed by atoms with Crippen molar-refractivity contribution in [1.82, 2.24) is 14.5 Å². The largest absolute Gasteiger partial charge is 0.507 e. The molecule has 1 N–H and O–H groups in total. The van der Waals surface area contributed by atoms with E-state index in [4.69, 9.17) is 17.3 Å². The van der Waals surface area contributed by atoms with Gasteiger partial charge in [-0.05, 0) is 102 Å². The van der Waals surface area contributed by atoms with Crippen LogP contribution in [0, 0.1) is 32.7 Å². The van der Waals surface area contributed by atoms with Crippen LogP contribution in [-0.4, -0.2) is 19.6 Å². The number of aromatic hydroxyl groups is 1. The molecule has 58 heavy (non-hydrogen) atoms. The number of pyridine rings is 1. The number of phenolic OH excluding ortho intramolecular Hbond substituents is 1. The maximum Gasteiger partial charge on any atom is 0.148 e. The number of aromatic nitrogens is 3. The van der Waals surface area contributed by atoms with E-state index in [1.54, 1.807) is 6.07 Å². The Labute approximate surface area is 372 Å². The van der Waals surface area contributed by atoms with Crippen LogP contribution in [0.4, 0.5) is 0 Å². The van der Waals surface area contributed by atoms with Crippen LogP contribution in [0.3, 0.4) is 0 Å². The van der Waals surface area contributed by atoms with Crippen molar-refractivity contribution in [2.45, 2.75) is 67.2 Å². The normalized spacial score (nSPS) is 14.3. The van der Waals surface area contributed by atoms with E-state index >= 15 is 0 Å². The minimum atomic E-state index is -2.96. The van der Waals surface area contributed by atoms with Gasteiger partial charge in [-0.3, -0.25) is 9.55 Å². The molecule has 294 valence electrons. The van der Waals surface area contributed by atoms with Crippen molar-refractivity contribution in [2.75, 3.05) is 0 Å². The molecule has 0 aliphatic carbocycles. The van der Waals surface area contributed by atoms with E-state index in [2.05, 4.69) is 59.8 Å². The van der Waals surface area contributed by atoms with E-state index in [0.29, 0.717) is 39.5 Å². The Kier molecular flexibility index (Phi) is 8.35. The average Bonchev–Trinajstić information content (AvgIpc) is 3.65. The van der Waals surface area contributed by atoms with Crippen molar-refractivity contribution in [3.05, 3.63) is 167 Å². The van der Waals surface area contributed by atoms with E-state index in [9.17, 15) is 6.48 Å². The summed E-state index contributed by atoms with van der Waals surface area (Å²) in [6, 6.07) is 29.5. The molecule has 0 unspecified atom stereocenters. The molecule has 0 radical (unpaired) electrons. The first-order valence-electron chi connectivity index (χ1n) is 24.2. The summed E-state index contributed by atoms with van der Waals surface area (Å²) >= 11 is 0. The van der Waals surface area contributed by atoms with Crippen molar-refractivity contribution in [1.29, 1.82) is 0 Å². The van der Waals surface area contributed by atoms with Crippen molar-refractivity contribution in [3.63, 3.8) is 0 Å². The molecule has 0 saturated carbocycles. The number of nitrogens with zero attached hydrogens (tertiary/aromatic N) is 3. The number of imidazole rings is 1. The fourth-order valence-electron chi connectivity index (χ4n) is 7.38. The second kappa shape index (κ2) is 16.4. The number of fused-ring (bicyclic) bond motifs is 1. The van der Waals surface area contributed by atoms with Crippen LogP contribution in [0.15, 0.2) is 133 Å². The first-order chi connectivity index (χ1) is 31.5. The van der Waals surface area contributed by atoms with Crippen LogP contribution in [0.25, 0.3) is 72.7 Å². The molecule has 8 aromatic rings. The van der Waals surface area contributed by atoms with E-state index in [1.807, 2.05) is 89.2 Å². The van der Waals surface area contributed by atoms with E-state index < -0.39 is 65.8 Å². The number of aryl methyl sites for hydroxylation is 2. The third kappa shape index (κ3) is 8.09. The topological polar surface area (TPSA) is 50.9 Å². The van der Waals surface area contributed by atoms with Gasteiger partial charge in [-0.15, -0.1) is 29.3 Å². The summed E-state index contributed by atoms with van der Waals surface area (Å²) in [7, 11) is 0. The van der Waals surface area contributed by atoms with Crippen molar-refractivity contribution in [3.8, 4) is 67.5 Å². The maximum absolute atomic E-state index is 11.8. The molecule has 0 spiro atoms. The molecule has 2 aromatic heterocycles. The predicted molar refractivity (Wildman–Crippen MR) is 238 cm³/mol. The molecule has 4 nitrogen and oxygen atoms in total. The molecular weight excluding hydrogens is 890 g/mol. The van der Waals surface area contributed by atoms with Gasteiger partial charge >= 0.3 is 0 Å². The summed E-state index contributed by atoms with van der Waals surface area (Å²) in [4.78, 5) is 9.80. The summed E-state index contributed by atoms with van der Waals surface area (Å²) in [5, 5.41) is 11.8. The number of hydrogen-bond donors (Lipinski definition) is 1. The summed E-state index contributed by atoms with van der Waals surface area (Å²) < 4.78 is 87.7. The van der Waals surface area contributed by atoms with Gasteiger partial charge < -0.3 is 5.11 Å². The minimum Gasteiger partial charge on any atom is -0.507 e. The van der Waals surface area contributed by atoms with Crippen molar-refractivity contribution < 1.29 is 39.9 Å². The Morgan fingerprint density at radius 3 is 2.26 bits per heavy atom. The Morgan fingerprint density at radius 2 is 1.53 bits per heavy atom. The van der Waals surface area contributed by atoms with Gasteiger partial charge in [0.2, 0.25) is 0 Å². The second-order valence-corrected chi connectivity index (χ2v) is 16.1. The van der Waals surface area contributed by atoms with E-state index in [-0.39, 0.29) is 43.6 Å². The predicted octanol–water partition coefficient (Wildman–Crippen LogP) is 13.7. The molecular formula is C53H50N3OPt-. The Bertz CT molecular complexity index is 3260. The zero-order chi connectivity index (χ0) is 48.6. The summed E-state index contributed by atoms with van der Waals surface area (Å²) in [6.45, 7) is 11.4. The quantitative estimate of drug-likeness (QED) is 0.154. The average molecular weight is 950 g/mol. The second-order valence-electron chi connectivity index (χ2n) is 16.1. The fourth-order valence-corrected chi connectivity index (χ4v) is 7.38. The molecule has 5 heteroatoms. The van der Waals surface area contributed by atoms with Crippen LogP contribution in [0.2, 0.25) is 0 Å². The van der Waals surface area contributed by atoms with E-state index in [0.717, 1.165) is 39.9 Å². The van der Waals surface area contributed by atoms with Gasteiger partial charge in [0.25, 0.3) is 0 Å². The third-order valence-corrected chi connectivity index (χ3v) is 10.1. The fraction of sp³-hybridized carbons (Fsp3) is 0.208. The van der Waals surface area contributed by atoms with Crippen LogP contribution >= 0.6 is 0 Å².